The number of halogens is 2. The number of aryl methyl sites for hydroxylation is 1. The molecule has 8 heteroatoms. The molecule has 2 aromatic rings. The van der Waals surface area contributed by atoms with Crippen LogP contribution in [0.15, 0.2) is 23.6 Å². The molecule has 0 bridgehead atoms. The van der Waals surface area contributed by atoms with Crippen molar-refractivity contribution >= 4 is 45.6 Å². The van der Waals surface area contributed by atoms with Crippen molar-refractivity contribution in [3.8, 4) is 0 Å². The number of thiazole rings is 1. The molecule has 1 saturated heterocycles. The maximum Gasteiger partial charge on any atom is 0.231 e. The van der Waals surface area contributed by atoms with Crippen molar-refractivity contribution in [1.82, 2.24) is 4.98 Å². The van der Waals surface area contributed by atoms with Gasteiger partial charge in [-0.25, -0.2) is 9.37 Å². The van der Waals surface area contributed by atoms with Gasteiger partial charge in [0.25, 0.3) is 0 Å². The van der Waals surface area contributed by atoms with Gasteiger partial charge in [-0.3, -0.25) is 9.59 Å². The molecule has 1 aliphatic heterocycles. The molecule has 1 aliphatic rings. The fourth-order valence-electron chi connectivity index (χ4n) is 2.40. The molecule has 5 nitrogen and oxygen atoms in total. The van der Waals surface area contributed by atoms with Gasteiger partial charge in [0.1, 0.15) is 5.82 Å². The van der Waals surface area contributed by atoms with Crippen LogP contribution >= 0.6 is 22.9 Å². The van der Waals surface area contributed by atoms with E-state index >= 15 is 0 Å². The highest BCUT2D eigenvalue weighted by Crippen LogP contribution is 2.29. The van der Waals surface area contributed by atoms with Crippen LogP contribution < -0.4 is 10.2 Å². The normalized spacial score (nSPS) is 17.6. The van der Waals surface area contributed by atoms with Crippen molar-refractivity contribution < 1.29 is 14.0 Å². The number of hydrogen-bond acceptors (Lipinski definition) is 4. The molecule has 0 spiro atoms. The molecule has 1 aromatic carbocycles. The summed E-state index contributed by atoms with van der Waals surface area (Å²) in [7, 11) is 0. The lowest BCUT2D eigenvalue weighted by atomic mass is 10.1. The number of hydrogen-bond donors (Lipinski definition) is 1. The largest absolute Gasteiger partial charge is 0.312 e. The van der Waals surface area contributed by atoms with E-state index in [1.54, 1.807) is 0 Å². The molecule has 3 rings (SSSR count). The number of amides is 2. The van der Waals surface area contributed by atoms with Crippen LogP contribution in [0.5, 0.6) is 0 Å². The van der Waals surface area contributed by atoms with E-state index in [-0.39, 0.29) is 29.8 Å². The number of nitrogens with one attached hydrogen (secondary N) is 1. The van der Waals surface area contributed by atoms with E-state index in [0.29, 0.717) is 10.8 Å². The van der Waals surface area contributed by atoms with Crippen molar-refractivity contribution in [2.24, 2.45) is 5.92 Å². The Bertz CT molecular complexity index is 780. The molecule has 2 heterocycles. The average molecular weight is 354 g/mol. The minimum atomic E-state index is -0.546. The van der Waals surface area contributed by atoms with E-state index in [4.69, 9.17) is 11.6 Å². The maximum atomic E-state index is 13.2. The fourth-order valence-corrected chi connectivity index (χ4v) is 3.27. The number of rotatable bonds is 3. The second kappa shape index (κ2) is 6.25. The van der Waals surface area contributed by atoms with Crippen LogP contribution in [0.3, 0.4) is 0 Å². The topological polar surface area (TPSA) is 62.3 Å². The molecule has 1 fully saturated rings. The highest BCUT2D eigenvalue weighted by molar-refractivity contribution is 7.13. The second-order valence-electron chi connectivity index (χ2n) is 5.29. The molecule has 23 heavy (non-hydrogen) atoms. The monoisotopic (exact) mass is 353 g/mol. The van der Waals surface area contributed by atoms with Gasteiger partial charge in [-0.2, -0.15) is 0 Å². The number of nitrogens with zero attached hydrogens (tertiary/aromatic N) is 2. The summed E-state index contributed by atoms with van der Waals surface area (Å²) in [5.74, 6) is -1.46. The van der Waals surface area contributed by atoms with Crippen molar-refractivity contribution in [1.29, 1.82) is 0 Å². The smallest absolute Gasteiger partial charge is 0.231 e. The highest BCUT2D eigenvalue weighted by Gasteiger charge is 2.35. The minimum Gasteiger partial charge on any atom is -0.312 e. The minimum absolute atomic E-state index is 0.0542. The second-order valence-corrected chi connectivity index (χ2v) is 6.55. The van der Waals surface area contributed by atoms with Crippen LogP contribution in [0.25, 0.3) is 0 Å². The zero-order valence-electron chi connectivity index (χ0n) is 12.2. The summed E-state index contributed by atoms with van der Waals surface area (Å²) in [5.41, 5.74) is 1.32. The van der Waals surface area contributed by atoms with E-state index in [0.717, 1.165) is 5.69 Å². The first-order chi connectivity index (χ1) is 10.9. The van der Waals surface area contributed by atoms with Gasteiger partial charge in [-0.15, -0.1) is 11.3 Å². The number of benzene rings is 1. The maximum absolute atomic E-state index is 13.2. The quantitative estimate of drug-likeness (QED) is 0.921. The van der Waals surface area contributed by atoms with Crippen molar-refractivity contribution in [3.05, 3.63) is 40.1 Å². The molecule has 120 valence electrons. The van der Waals surface area contributed by atoms with Crippen molar-refractivity contribution in [2.75, 3.05) is 16.8 Å². The molecule has 2 amide bonds. The van der Waals surface area contributed by atoms with Crippen LogP contribution in [0.4, 0.5) is 15.2 Å². The lowest BCUT2D eigenvalue weighted by Gasteiger charge is -2.17. The van der Waals surface area contributed by atoms with E-state index in [1.807, 2.05) is 12.3 Å². The molecule has 1 N–H and O–H groups in total. The lowest BCUT2D eigenvalue weighted by Crippen LogP contribution is -2.28. The Morgan fingerprint density at radius 1 is 1.52 bits per heavy atom. The zero-order chi connectivity index (χ0) is 16.6. The molecule has 0 saturated carbocycles. The summed E-state index contributed by atoms with van der Waals surface area (Å²) in [6.45, 7) is 2.07. The van der Waals surface area contributed by atoms with E-state index in [1.165, 1.54) is 34.4 Å². The van der Waals surface area contributed by atoms with Crippen molar-refractivity contribution in [2.45, 2.75) is 13.3 Å². The van der Waals surface area contributed by atoms with E-state index in [2.05, 4.69) is 10.3 Å². The third-order valence-electron chi connectivity index (χ3n) is 3.56. The molecule has 0 aliphatic carbocycles. The summed E-state index contributed by atoms with van der Waals surface area (Å²) in [5, 5.41) is 5.02. The first kappa shape index (κ1) is 15.9. The highest BCUT2D eigenvalue weighted by atomic mass is 35.5. The third-order valence-corrected chi connectivity index (χ3v) is 4.73. The van der Waals surface area contributed by atoms with Gasteiger partial charge in [-0.05, 0) is 25.1 Å². The predicted octanol–water partition coefficient (Wildman–Crippen LogP) is 3.24. The van der Waals surface area contributed by atoms with Crippen LogP contribution in [0.2, 0.25) is 5.02 Å². The van der Waals surface area contributed by atoms with Crippen LogP contribution in [-0.2, 0) is 9.59 Å². The van der Waals surface area contributed by atoms with E-state index < -0.39 is 11.7 Å². The van der Waals surface area contributed by atoms with Gasteiger partial charge in [0.05, 0.1) is 16.6 Å². The molecular weight excluding hydrogens is 341 g/mol. The van der Waals surface area contributed by atoms with E-state index in [9.17, 15) is 14.0 Å². The fraction of sp³-hybridized carbons (Fsp3) is 0.267. The Morgan fingerprint density at radius 2 is 2.30 bits per heavy atom. The average Bonchev–Trinajstić information content (AvgIpc) is 3.08. The zero-order valence-corrected chi connectivity index (χ0v) is 13.7. The standard InChI is InChI=1S/C15H13ClFN3O2S/c1-8-7-23-15(18-8)19-14(22)9-4-13(21)20(6-9)10-2-3-12(17)11(16)5-10/h2-3,5,7,9H,4,6H2,1H3,(H,18,19,22). The van der Waals surface area contributed by atoms with Crippen LogP contribution in [0.1, 0.15) is 12.1 Å². The first-order valence-electron chi connectivity index (χ1n) is 6.92. The Morgan fingerprint density at radius 3 is 2.96 bits per heavy atom. The number of carbonyl (C=O) groups excluding carboxylic acids is 2. The van der Waals surface area contributed by atoms with Gasteiger partial charge in [0.2, 0.25) is 11.8 Å². The van der Waals surface area contributed by atoms with Crippen LogP contribution in [0, 0.1) is 18.7 Å². The first-order valence-corrected chi connectivity index (χ1v) is 8.18. The number of anilines is 2. The molecular formula is C15H13ClFN3O2S. The summed E-state index contributed by atoms with van der Waals surface area (Å²) >= 11 is 7.09. The Balaban J connectivity index is 1.71. The van der Waals surface area contributed by atoms with Gasteiger partial charge in [-0.1, -0.05) is 11.6 Å². The summed E-state index contributed by atoms with van der Waals surface area (Å²) in [4.78, 5) is 30.0. The summed E-state index contributed by atoms with van der Waals surface area (Å²) < 4.78 is 13.2. The molecule has 1 atom stereocenters. The summed E-state index contributed by atoms with van der Waals surface area (Å²) in [6, 6.07) is 4.07. The molecule has 1 unspecified atom stereocenters. The number of carbonyl (C=O) groups is 2. The molecule has 0 radical (unpaired) electrons. The SMILES string of the molecule is Cc1csc(NC(=O)C2CC(=O)N(c3ccc(F)c(Cl)c3)C2)n1. The molecule has 1 aromatic heterocycles. The lowest BCUT2D eigenvalue weighted by molar-refractivity contribution is -0.122. The third kappa shape index (κ3) is 3.35. The Labute approximate surface area is 141 Å². The van der Waals surface area contributed by atoms with Gasteiger partial charge >= 0.3 is 0 Å². The summed E-state index contributed by atoms with van der Waals surface area (Å²) in [6.07, 6.45) is 0.102. The Kier molecular flexibility index (Phi) is 4.32. The van der Waals surface area contributed by atoms with Crippen LogP contribution in [-0.4, -0.2) is 23.3 Å². The number of aromatic nitrogens is 1. The van der Waals surface area contributed by atoms with Crippen molar-refractivity contribution in [3.63, 3.8) is 0 Å². The Hall–Kier alpha value is -1.99. The predicted molar refractivity (Wildman–Crippen MR) is 87.4 cm³/mol. The van der Waals surface area contributed by atoms with Gasteiger partial charge in [0, 0.05) is 24.0 Å². The van der Waals surface area contributed by atoms with Gasteiger partial charge < -0.3 is 10.2 Å². The van der Waals surface area contributed by atoms with Gasteiger partial charge in [0.15, 0.2) is 5.13 Å².